The van der Waals surface area contributed by atoms with Crippen LogP contribution < -0.4 is 4.90 Å². The summed E-state index contributed by atoms with van der Waals surface area (Å²) in [5.41, 5.74) is 12.3. The highest BCUT2D eigenvalue weighted by Crippen LogP contribution is 2.38. The van der Waals surface area contributed by atoms with Crippen LogP contribution in [0.3, 0.4) is 0 Å². The number of rotatable bonds is 12. The summed E-state index contributed by atoms with van der Waals surface area (Å²) in [4.78, 5) is 17.3. The minimum absolute atomic E-state index is 0.388. The molecular formula is C55H46N4O. The summed E-state index contributed by atoms with van der Waals surface area (Å²) in [5.74, 6) is 1.04. The monoisotopic (exact) mass is 778 g/mol. The van der Waals surface area contributed by atoms with E-state index in [9.17, 15) is 0 Å². The van der Waals surface area contributed by atoms with Crippen molar-refractivity contribution in [2.75, 3.05) is 11.9 Å². The summed E-state index contributed by atoms with van der Waals surface area (Å²) < 4.78 is 6.14. The molecule has 8 rings (SSSR count). The number of aliphatic imine (C=N–C) groups is 3. The van der Waals surface area contributed by atoms with Crippen molar-refractivity contribution in [3.05, 3.63) is 235 Å². The molecule has 0 fully saturated rings. The maximum absolute atomic E-state index is 6.14. The normalized spacial score (nSPS) is 13.5. The van der Waals surface area contributed by atoms with Gasteiger partial charge in [0, 0.05) is 40.2 Å². The van der Waals surface area contributed by atoms with Crippen LogP contribution in [0.2, 0.25) is 0 Å². The molecule has 60 heavy (non-hydrogen) atoms. The zero-order chi connectivity index (χ0) is 41.1. The van der Waals surface area contributed by atoms with Crippen molar-refractivity contribution < 1.29 is 4.42 Å². The lowest BCUT2D eigenvalue weighted by Gasteiger charge is -2.26. The van der Waals surface area contributed by atoms with Gasteiger partial charge in [0.25, 0.3) is 0 Å². The molecule has 292 valence electrons. The van der Waals surface area contributed by atoms with Gasteiger partial charge in [0.05, 0.1) is 12.2 Å². The zero-order valence-electron chi connectivity index (χ0n) is 33.8. The van der Waals surface area contributed by atoms with E-state index in [0.717, 1.165) is 85.1 Å². The molecule has 0 amide bonds. The molecule has 0 atom stereocenters. The molecule has 0 N–H and O–H groups in total. The van der Waals surface area contributed by atoms with Gasteiger partial charge in [0.1, 0.15) is 11.2 Å². The number of hydrogen-bond donors (Lipinski definition) is 0. The number of amidine groups is 2. The van der Waals surface area contributed by atoms with E-state index in [1.54, 1.807) is 6.08 Å². The molecule has 6 aromatic carbocycles. The number of anilines is 2. The highest BCUT2D eigenvalue weighted by Gasteiger charge is 2.20. The standard InChI is InChI=1S/C55H46N4O/c1-4-5-6-7-10-19-40-20-17-23-42(32-30-40)43-33-35-45(36-34-43)54(56-2)58-55(57-39-41-31-37-52-50(38-41)48-26-15-16-29-51(48)60-52)49-28-18-27-47(44-21-11-8-12-22-44)53(49)59(3)46-24-13-9-14-25-46/h4-18,21-38H,1-2,19-20,39H2,3H3/b6-5-,10-7-,57-55-,58-54-. The Labute approximate surface area is 352 Å². The van der Waals surface area contributed by atoms with Gasteiger partial charge in [-0.05, 0) is 78.2 Å². The Balaban J connectivity index is 1.20. The average Bonchev–Trinajstić information content (AvgIpc) is 3.51. The number of allylic oxidation sites excluding steroid dienone is 11. The van der Waals surface area contributed by atoms with Gasteiger partial charge >= 0.3 is 0 Å². The van der Waals surface area contributed by atoms with Gasteiger partial charge in [-0.3, -0.25) is 4.99 Å². The minimum atomic E-state index is 0.388. The quantitative estimate of drug-likeness (QED) is 0.0705. The predicted molar refractivity (Wildman–Crippen MR) is 256 cm³/mol. The molecule has 0 saturated heterocycles. The van der Waals surface area contributed by atoms with Crippen LogP contribution in [0.5, 0.6) is 0 Å². The Hall–Kier alpha value is -7.63. The van der Waals surface area contributed by atoms with E-state index in [4.69, 9.17) is 14.4 Å². The first-order valence-electron chi connectivity index (χ1n) is 20.2. The van der Waals surface area contributed by atoms with Gasteiger partial charge in [-0.15, -0.1) is 0 Å². The average molecular weight is 779 g/mol. The number of nitrogens with zero attached hydrogens (tertiary/aromatic N) is 4. The maximum atomic E-state index is 6.14. The van der Waals surface area contributed by atoms with Crippen LogP contribution >= 0.6 is 0 Å². The molecule has 0 spiro atoms. The van der Waals surface area contributed by atoms with Crippen molar-refractivity contribution in [1.29, 1.82) is 0 Å². The number of para-hydroxylation sites is 3. The lowest BCUT2D eigenvalue weighted by atomic mass is 9.98. The second kappa shape index (κ2) is 18.8. The summed E-state index contributed by atoms with van der Waals surface area (Å²) in [6.07, 6.45) is 20.6. The van der Waals surface area contributed by atoms with Crippen LogP contribution in [0.25, 0.3) is 38.6 Å². The third-order valence-corrected chi connectivity index (χ3v) is 10.6. The largest absolute Gasteiger partial charge is 0.456 e. The molecule has 1 aromatic heterocycles. The molecule has 1 heterocycles. The van der Waals surface area contributed by atoms with E-state index in [1.807, 2.05) is 48.6 Å². The van der Waals surface area contributed by atoms with Crippen molar-refractivity contribution in [3.8, 4) is 11.1 Å². The number of hydrogen-bond acceptors (Lipinski definition) is 3. The first kappa shape index (κ1) is 39.2. The van der Waals surface area contributed by atoms with Crippen molar-refractivity contribution >= 4 is 57.3 Å². The molecule has 5 heteroatoms. The fourth-order valence-electron chi connectivity index (χ4n) is 7.49. The molecule has 0 aliphatic heterocycles. The summed E-state index contributed by atoms with van der Waals surface area (Å²) in [6.45, 7) is 8.12. The van der Waals surface area contributed by atoms with Gasteiger partial charge in [-0.25, -0.2) is 9.98 Å². The molecule has 0 radical (unpaired) electrons. The highest BCUT2D eigenvalue weighted by atomic mass is 16.3. The zero-order valence-corrected chi connectivity index (χ0v) is 33.8. The van der Waals surface area contributed by atoms with Crippen LogP contribution in [0.4, 0.5) is 11.4 Å². The molecular weight excluding hydrogens is 733 g/mol. The van der Waals surface area contributed by atoms with E-state index in [0.29, 0.717) is 18.2 Å². The summed E-state index contributed by atoms with van der Waals surface area (Å²) >= 11 is 0. The highest BCUT2D eigenvalue weighted by molar-refractivity contribution is 6.16. The molecule has 0 saturated carbocycles. The third-order valence-electron chi connectivity index (χ3n) is 10.6. The molecule has 1 aliphatic rings. The molecule has 7 aromatic rings. The molecule has 1 aliphatic carbocycles. The van der Waals surface area contributed by atoms with E-state index in [-0.39, 0.29) is 0 Å². The smallest absolute Gasteiger partial charge is 0.161 e. The van der Waals surface area contributed by atoms with Crippen LogP contribution in [-0.4, -0.2) is 25.4 Å². The second-order valence-electron chi connectivity index (χ2n) is 14.5. The van der Waals surface area contributed by atoms with E-state index >= 15 is 0 Å². The Bertz CT molecular complexity index is 2870. The van der Waals surface area contributed by atoms with Crippen molar-refractivity contribution in [1.82, 2.24) is 0 Å². The Morgan fingerprint density at radius 1 is 0.717 bits per heavy atom. The molecule has 5 nitrogen and oxygen atoms in total. The van der Waals surface area contributed by atoms with Gasteiger partial charge in [-0.1, -0.05) is 176 Å². The van der Waals surface area contributed by atoms with Crippen molar-refractivity contribution in [3.63, 3.8) is 0 Å². The second-order valence-corrected chi connectivity index (χ2v) is 14.5. The van der Waals surface area contributed by atoms with Crippen molar-refractivity contribution in [2.24, 2.45) is 15.0 Å². The molecule has 0 bridgehead atoms. The van der Waals surface area contributed by atoms with E-state index in [1.165, 1.54) is 5.57 Å². The van der Waals surface area contributed by atoms with Gasteiger partial charge in [0.15, 0.2) is 11.7 Å². The third kappa shape index (κ3) is 8.91. The van der Waals surface area contributed by atoms with Crippen LogP contribution in [0.1, 0.15) is 35.1 Å². The Morgan fingerprint density at radius 3 is 2.28 bits per heavy atom. The summed E-state index contributed by atoms with van der Waals surface area (Å²) in [6, 6.07) is 49.9. The van der Waals surface area contributed by atoms with E-state index < -0.39 is 0 Å². The number of benzene rings is 6. The Morgan fingerprint density at radius 2 is 1.48 bits per heavy atom. The minimum Gasteiger partial charge on any atom is -0.456 e. The van der Waals surface area contributed by atoms with Crippen molar-refractivity contribution in [2.45, 2.75) is 19.4 Å². The SMILES string of the molecule is C=C/C=C\C=C/CC1=CC=C(c2ccc(/C(N=C)=N/C(=N\Cc3ccc4oc5ccccc5c4c3)c3cccc(-c4ccccc4)c3N(C)c3ccccc3)cc2)C=CC1. The fourth-order valence-corrected chi connectivity index (χ4v) is 7.49. The predicted octanol–water partition coefficient (Wildman–Crippen LogP) is 14.1. The first-order chi connectivity index (χ1) is 29.6. The summed E-state index contributed by atoms with van der Waals surface area (Å²) in [5, 5.41) is 2.14. The van der Waals surface area contributed by atoms with Gasteiger partial charge < -0.3 is 9.32 Å². The maximum Gasteiger partial charge on any atom is 0.161 e. The Kier molecular flexibility index (Phi) is 12.3. The first-order valence-corrected chi connectivity index (χ1v) is 20.2. The number of furan rings is 1. The van der Waals surface area contributed by atoms with Crippen LogP contribution in [0.15, 0.2) is 232 Å². The summed E-state index contributed by atoms with van der Waals surface area (Å²) in [7, 11) is 2.10. The molecule has 0 unspecified atom stereocenters. The number of fused-ring (bicyclic) bond motifs is 3. The lowest BCUT2D eigenvalue weighted by molar-refractivity contribution is 0.669. The fraction of sp³-hybridized carbons (Fsp3) is 0.0727. The topological polar surface area (TPSA) is 53.5 Å². The van der Waals surface area contributed by atoms with Gasteiger partial charge in [0.2, 0.25) is 0 Å². The van der Waals surface area contributed by atoms with Crippen LogP contribution in [-0.2, 0) is 6.54 Å². The van der Waals surface area contributed by atoms with E-state index in [2.05, 4.69) is 176 Å². The van der Waals surface area contributed by atoms with Gasteiger partial charge in [-0.2, -0.15) is 0 Å². The lowest BCUT2D eigenvalue weighted by Crippen LogP contribution is -2.16. The van der Waals surface area contributed by atoms with Crippen LogP contribution in [0, 0.1) is 0 Å².